The number of ether oxygens (including phenoxy) is 1. The number of fused-ring (bicyclic) bond motifs is 1. The van der Waals surface area contributed by atoms with Crippen LogP contribution in [-0.4, -0.2) is 17.4 Å². The zero-order valence-corrected chi connectivity index (χ0v) is 16.1. The first-order valence-corrected chi connectivity index (χ1v) is 9.46. The fourth-order valence-electron chi connectivity index (χ4n) is 3.28. The number of aromatic nitrogens is 1. The van der Waals surface area contributed by atoms with Gasteiger partial charge in [0, 0.05) is 33.3 Å². The minimum absolute atomic E-state index is 0.0775. The van der Waals surface area contributed by atoms with Gasteiger partial charge in [0.2, 0.25) is 0 Å². The Morgan fingerprint density at radius 1 is 1.00 bits per heavy atom. The van der Waals surface area contributed by atoms with Crippen LogP contribution in [0.5, 0.6) is 5.75 Å². The highest BCUT2D eigenvalue weighted by atomic mass is 35.5. The summed E-state index contributed by atoms with van der Waals surface area (Å²) in [7, 11) is 0. The number of nitrogens with zero attached hydrogens (tertiary/aromatic N) is 1. The second-order valence-corrected chi connectivity index (χ2v) is 6.80. The van der Waals surface area contributed by atoms with E-state index in [9.17, 15) is 4.79 Å². The van der Waals surface area contributed by atoms with E-state index in [1.807, 2.05) is 67.6 Å². The Bertz CT molecular complexity index is 1140. The van der Waals surface area contributed by atoms with Crippen molar-refractivity contribution in [1.29, 1.82) is 0 Å². The van der Waals surface area contributed by atoms with Crippen LogP contribution in [0.25, 0.3) is 22.0 Å². The van der Waals surface area contributed by atoms with Crippen molar-refractivity contribution in [2.75, 3.05) is 6.61 Å². The molecule has 3 aromatic carbocycles. The van der Waals surface area contributed by atoms with E-state index in [1.165, 1.54) is 0 Å². The Morgan fingerprint density at radius 2 is 1.75 bits per heavy atom. The zero-order chi connectivity index (χ0) is 19.5. The molecular formula is C24H18ClNO2. The molecule has 4 heteroatoms. The summed E-state index contributed by atoms with van der Waals surface area (Å²) in [5.74, 6) is 0.667. The van der Waals surface area contributed by atoms with Gasteiger partial charge in [0.05, 0.1) is 12.1 Å². The summed E-state index contributed by atoms with van der Waals surface area (Å²) in [5.41, 5.74) is 3.74. The van der Waals surface area contributed by atoms with Crippen LogP contribution in [0.4, 0.5) is 0 Å². The largest absolute Gasteiger partial charge is 0.494 e. The van der Waals surface area contributed by atoms with Gasteiger partial charge in [0.1, 0.15) is 5.75 Å². The summed E-state index contributed by atoms with van der Waals surface area (Å²) in [6, 6.07) is 22.6. The lowest BCUT2D eigenvalue weighted by Gasteiger charge is -2.13. The number of rotatable bonds is 5. The van der Waals surface area contributed by atoms with Crippen LogP contribution < -0.4 is 4.74 Å². The van der Waals surface area contributed by atoms with Crippen LogP contribution in [-0.2, 0) is 0 Å². The minimum Gasteiger partial charge on any atom is -0.494 e. The Balaban J connectivity index is 1.88. The number of pyridine rings is 1. The highest BCUT2D eigenvalue weighted by molar-refractivity contribution is 6.31. The number of carbonyl (C=O) groups is 1. The number of carbonyl (C=O) groups excluding carboxylic acids is 1. The van der Waals surface area contributed by atoms with Crippen molar-refractivity contribution >= 4 is 28.3 Å². The molecule has 28 heavy (non-hydrogen) atoms. The number of benzene rings is 3. The second kappa shape index (κ2) is 7.83. The maximum atomic E-state index is 13.3. The summed E-state index contributed by atoms with van der Waals surface area (Å²) in [4.78, 5) is 17.8. The molecule has 0 unspecified atom stereocenters. The topological polar surface area (TPSA) is 39.2 Å². The summed E-state index contributed by atoms with van der Waals surface area (Å²) >= 11 is 6.14. The van der Waals surface area contributed by atoms with Crippen LogP contribution in [0.2, 0.25) is 5.02 Å². The normalized spacial score (nSPS) is 10.8. The molecule has 0 radical (unpaired) electrons. The van der Waals surface area contributed by atoms with E-state index in [-0.39, 0.29) is 5.78 Å². The second-order valence-electron chi connectivity index (χ2n) is 6.36. The molecule has 1 heterocycles. The predicted molar refractivity (Wildman–Crippen MR) is 113 cm³/mol. The molecule has 138 valence electrons. The van der Waals surface area contributed by atoms with E-state index >= 15 is 0 Å². The molecule has 4 aromatic rings. The van der Waals surface area contributed by atoms with E-state index in [1.54, 1.807) is 18.3 Å². The molecule has 1 aromatic heterocycles. The van der Waals surface area contributed by atoms with Gasteiger partial charge in [0.25, 0.3) is 0 Å². The lowest BCUT2D eigenvalue weighted by atomic mass is 9.92. The minimum atomic E-state index is -0.0775. The summed E-state index contributed by atoms with van der Waals surface area (Å²) in [5, 5.41) is 1.51. The van der Waals surface area contributed by atoms with E-state index < -0.39 is 0 Å². The molecule has 0 atom stereocenters. The number of ketones is 1. The molecule has 4 rings (SSSR count). The quantitative estimate of drug-likeness (QED) is 0.383. The Labute approximate surface area is 168 Å². The standard InChI is InChI=1S/C24H18ClNO2/c1-2-28-19-11-8-17(9-12-19)24(27)21-15-26-22-14-18(25)10-13-20(22)23(21)16-6-4-3-5-7-16/h3-15H,2H2,1H3. The number of hydrogen-bond acceptors (Lipinski definition) is 3. The molecule has 0 fully saturated rings. The molecule has 0 spiro atoms. The summed E-state index contributed by atoms with van der Waals surface area (Å²) in [6.45, 7) is 2.51. The third kappa shape index (κ3) is 3.49. The summed E-state index contributed by atoms with van der Waals surface area (Å²) in [6.07, 6.45) is 1.64. The predicted octanol–water partition coefficient (Wildman–Crippen LogP) is 6.18. The highest BCUT2D eigenvalue weighted by Gasteiger charge is 2.18. The summed E-state index contributed by atoms with van der Waals surface area (Å²) < 4.78 is 5.47. The molecule has 0 saturated carbocycles. The number of halogens is 1. The molecule has 0 aliphatic carbocycles. The van der Waals surface area contributed by atoms with Crippen molar-refractivity contribution in [3.63, 3.8) is 0 Å². The fraction of sp³-hybridized carbons (Fsp3) is 0.0833. The highest BCUT2D eigenvalue weighted by Crippen LogP contribution is 2.33. The van der Waals surface area contributed by atoms with Crippen LogP contribution in [0.3, 0.4) is 0 Å². The smallest absolute Gasteiger partial charge is 0.195 e. The van der Waals surface area contributed by atoms with Crippen LogP contribution in [0.15, 0.2) is 79.0 Å². The molecular weight excluding hydrogens is 370 g/mol. The molecule has 0 aliphatic heterocycles. The van der Waals surface area contributed by atoms with Crippen molar-refractivity contribution in [3.05, 3.63) is 95.1 Å². The average molecular weight is 388 g/mol. The maximum absolute atomic E-state index is 13.3. The van der Waals surface area contributed by atoms with Crippen LogP contribution in [0, 0.1) is 0 Å². The van der Waals surface area contributed by atoms with Gasteiger partial charge in [-0.2, -0.15) is 0 Å². The number of hydrogen-bond donors (Lipinski definition) is 0. The van der Waals surface area contributed by atoms with Crippen molar-refractivity contribution < 1.29 is 9.53 Å². The van der Waals surface area contributed by atoms with Crippen molar-refractivity contribution in [3.8, 4) is 16.9 Å². The van der Waals surface area contributed by atoms with Gasteiger partial charge in [0.15, 0.2) is 5.78 Å². The van der Waals surface area contributed by atoms with Gasteiger partial charge in [-0.05, 0) is 48.9 Å². The van der Waals surface area contributed by atoms with Gasteiger partial charge >= 0.3 is 0 Å². The third-order valence-corrected chi connectivity index (χ3v) is 4.80. The van der Waals surface area contributed by atoms with Gasteiger partial charge in [-0.15, -0.1) is 0 Å². The van der Waals surface area contributed by atoms with Gasteiger partial charge in [-0.1, -0.05) is 48.0 Å². The van der Waals surface area contributed by atoms with E-state index in [0.29, 0.717) is 22.8 Å². The van der Waals surface area contributed by atoms with Crippen molar-refractivity contribution in [1.82, 2.24) is 4.98 Å². The Hall–Kier alpha value is -3.17. The molecule has 0 aliphatic rings. The van der Waals surface area contributed by atoms with Gasteiger partial charge < -0.3 is 4.74 Å². The van der Waals surface area contributed by atoms with Gasteiger partial charge in [-0.25, -0.2) is 0 Å². The zero-order valence-electron chi connectivity index (χ0n) is 15.4. The fourth-order valence-corrected chi connectivity index (χ4v) is 3.45. The molecule has 0 bridgehead atoms. The van der Waals surface area contributed by atoms with Crippen molar-refractivity contribution in [2.45, 2.75) is 6.92 Å². The maximum Gasteiger partial charge on any atom is 0.195 e. The SMILES string of the molecule is CCOc1ccc(C(=O)c2cnc3cc(Cl)ccc3c2-c2ccccc2)cc1. The first kappa shape index (κ1) is 18.2. The molecule has 0 saturated heterocycles. The van der Waals surface area contributed by atoms with E-state index in [0.717, 1.165) is 27.8 Å². The lowest BCUT2D eigenvalue weighted by molar-refractivity contribution is 0.103. The first-order chi connectivity index (χ1) is 13.7. The Morgan fingerprint density at radius 3 is 2.46 bits per heavy atom. The molecule has 0 amide bonds. The monoisotopic (exact) mass is 387 g/mol. The van der Waals surface area contributed by atoms with Gasteiger partial charge in [-0.3, -0.25) is 9.78 Å². The van der Waals surface area contributed by atoms with Crippen molar-refractivity contribution in [2.24, 2.45) is 0 Å². The third-order valence-electron chi connectivity index (χ3n) is 4.57. The molecule has 3 nitrogen and oxygen atoms in total. The Kier molecular flexibility index (Phi) is 5.09. The van der Waals surface area contributed by atoms with Crippen LogP contribution in [0.1, 0.15) is 22.8 Å². The molecule has 0 N–H and O–H groups in total. The lowest BCUT2D eigenvalue weighted by Crippen LogP contribution is -2.05. The van der Waals surface area contributed by atoms with E-state index in [4.69, 9.17) is 16.3 Å². The van der Waals surface area contributed by atoms with Crippen LogP contribution >= 0.6 is 11.6 Å². The first-order valence-electron chi connectivity index (χ1n) is 9.08. The average Bonchev–Trinajstić information content (AvgIpc) is 2.73. The van der Waals surface area contributed by atoms with E-state index in [2.05, 4.69) is 4.98 Å².